The van der Waals surface area contributed by atoms with Crippen molar-refractivity contribution >= 4 is 23.4 Å². The molecular formula is C27H35N5O. The van der Waals surface area contributed by atoms with Crippen molar-refractivity contribution in [2.75, 3.05) is 29.0 Å². The van der Waals surface area contributed by atoms with E-state index in [1.807, 2.05) is 0 Å². The van der Waals surface area contributed by atoms with Gasteiger partial charge in [-0.2, -0.15) is 9.97 Å². The second kappa shape index (κ2) is 8.15. The molecule has 3 N–H and O–H groups in total. The molecule has 6 heteroatoms. The van der Waals surface area contributed by atoms with E-state index in [2.05, 4.69) is 62.2 Å². The molecule has 0 bridgehead atoms. The molecule has 3 aliphatic rings. The zero-order valence-electron chi connectivity index (χ0n) is 20.2. The number of aromatic nitrogens is 2. The Morgan fingerprint density at radius 3 is 2.42 bits per heavy atom. The molecule has 2 aromatic rings. The van der Waals surface area contributed by atoms with Crippen LogP contribution in [-0.4, -0.2) is 28.8 Å². The van der Waals surface area contributed by atoms with Gasteiger partial charge in [-0.15, -0.1) is 0 Å². The van der Waals surface area contributed by atoms with Crippen molar-refractivity contribution < 1.29 is 4.79 Å². The third kappa shape index (κ3) is 4.00. The molecule has 0 spiro atoms. The molecule has 1 atom stereocenters. The van der Waals surface area contributed by atoms with E-state index in [9.17, 15) is 4.79 Å². The molecule has 3 heterocycles. The fourth-order valence-electron chi connectivity index (χ4n) is 5.56. The van der Waals surface area contributed by atoms with Crippen molar-refractivity contribution in [2.24, 2.45) is 5.41 Å². The van der Waals surface area contributed by atoms with Gasteiger partial charge in [-0.3, -0.25) is 4.79 Å². The molecule has 1 aliphatic carbocycles. The first-order valence-corrected chi connectivity index (χ1v) is 12.3. The molecule has 33 heavy (non-hydrogen) atoms. The van der Waals surface area contributed by atoms with Gasteiger partial charge in [0.05, 0.1) is 0 Å². The molecule has 1 saturated heterocycles. The van der Waals surface area contributed by atoms with Gasteiger partial charge in [0.15, 0.2) is 5.78 Å². The summed E-state index contributed by atoms with van der Waals surface area (Å²) in [7, 11) is 0. The summed E-state index contributed by atoms with van der Waals surface area (Å²) in [6.07, 6.45) is 4.90. The van der Waals surface area contributed by atoms with Crippen LogP contribution in [0.5, 0.6) is 0 Å². The van der Waals surface area contributed by atoms with Crippen LogP contribution in [0.25, 0.3) is 0 Å². The average molecular weight is 446 g/mol. The quantitative estimate of drug-likeness (QED) is 0.660. The van der Waals surface area contributed by atoms with Crippen molar-refractivity contribution in [3.8, 4) is 0 Å². The second-order valence-corrected chi connectivity index (χ2v) is 10.9. The summed E-state index contributed by atoms with van der Waals surface area (Å²) in [5.41, 5.74) is 11.6. The number of nitrogens with one attached hydrogen (secondary N) is 1. The average Bonchev–Trinajstić information content (AvgIpc) is 2.77. The summed E-state index contributed by atoms with van der Waals surface area (Å²) < 4.78 is 0. The van der Waals surface area contributed by atoms with E-state index in [1.54, 1.807) is 0 Å². The number of hydrogen-bond acceptors (Lipinski definition) is 6. The topological polar surface area (TPSA) is 84.1 Å². The minimum absolute atomic E-state index is 0.0826. The van der Waals surface area contributed by atoms with Gasteiger partial charge in [0.25, 0.3) is 0 Å². The van der Waals surface area contributed by atoms with Gasteiger partial charge in [0.1, 0.15) is 11.6 Å². The summed E-state index contributed by atoms with van der Waals surface area (Å²) in [6, 6.07) is 8.62. The lowest BCUT2D eigenvalue weighted by Gasteiger charge is -2.39. The Balaban J connectivity index is 1.65. The standard InChI is InChI=1S/C27H35N5O/c1-16(2)17-8-10-18(11-9-17)21-22-19(14-27(3,4)15-20(22)33)29-25-23(21)24(28)30-26(31-25)32-12-6-5-7-13-32/h8-11,16,21H,5-7,12-15H2,1-4H3,(H3,28,29,30,31)/t21-/m1/s1. The lowest BCUT2D eigenvalue weighted by molar-refractivity contribution is -0.118. The normalized spacial score (nSPS) is 22.2. The molecule has 6 nitrogen and oxygen atoms in total. The highest BCUT2D eigenvalue weighted by Crippen LogP contribution is 2.50. The number of rotatable bonds is 3. The molecule has 1 aromatic carbocycles. The van der Waals surface area contributed by atoms with E-state index in [1.165, 1.54) is 12.0 Å². The fourth-order valence-corrected chi connectivity index (χ4v) is 5.56. The summed E-state index contributed by atoms with van der Waals surface area (Å²) in [4.78, 5) is 25.4. The number of anilines is 3. The predicted molar refractivity (Wildman–Crippen MR) is 134 cm³/mol. The highest BCUT2D eigenvalue weighted by atomic mass is 16.1. The van der Waals surface area contributed by atoms with Crippen molar-refractivity contribution in [3.05, 3.63) is 52.2 Å². The van der Waals surface area contributed by atoms with Crippen LogP contribution >= 0.6 is 0 Å². The van der Waals surface area contributed by atoms with Gasteiger partial charge < -0.3 is 16.0 Å². The van der Waals surface area contributed by atoms with E-state index in [0.717, 1.165) is 60.6 Å². The SMILES string of the molecule is CC(C)c1ccc([C@@H]2C3=C(CC(C)(C)CC3=O)Nc3nc(N4CCCCC4)nc(N)c32)cc1. The molecule has 1 fully saturated rings. The first kappa shape index (κ1) is 21.9. The first-order valence-electron chi connectivity index (χ1n) is 12.3. The first-order chi connectivity index (χ1) is 15.7. The molecule has 0 radical (unpaired) electrons. The van der Waals surface area contributed by atoms with Crippen molar-refractivity contribution in [1.29, 1.82) is 0 Å². The Kier molecular flexibility index (Phi) is 5.42. The van der Waals surface area contributed by atoms with Gasteiger partial charge in [0.2, 0.25) is 5.95 Å². The number of allylic oxidation sites excluding steroid dienone is 2. The maximum absolute atomic E-state index is 13.5. The summed E-state index contributed by atoms with van der Waals surface area (Å²) >= 11 is 0. The molecule has 5 rings (SSSR count). The third-order valence-electron chi connectivity index (χ3n) is 7.31. The Hall–Kier alpha value is -2.89. The van der Waals surface area contributed by atoms with Crippen LogP contribution < -0.4 is 16.0 Å². The lowest BCUT2D eigenvalue weighted by Crippen LogP contribution is -2.36. The molecule has 0 saturated carbocycles. The van der Waals surface area contributed by atoms with E-state index < -0.39 is 0 Å². The van der Waals surface area contributed by atoms with Crippen LogP contribution in [0.2, 0.25) is 0 Å². The number of hydrogen-bond donors (Lipinski definition) is 2. The van der Waals surface area contributed by atoms with Gasteiger partial charge in [0, 0.05) is 42.3 Å². The third-order valence-corrected chi connectivity index (χ3v) is 7.31. The smallest absolute Gasteiger partial charge is 0.229 e. The number of nitrogens with zero attached hydrogens (tertiary/aromatic N) is 3. The lowest BCUT2D eigenvalue weighted by atomic mass is 9.69. The van der Waals surface area contributed by atoms with Crippen molar-refractivity contribution in [1.82, 2.24) is 9.97 Å². The Morgan fingerprint density at radius 1 is 1.06 bits per heavy atom. The van der Waals surface area contributed by atoms with Crippen LogP contribution in [0.4, 0.5) is 17.6 Å². The van der Waals surface area contributed by atoms with E-state index >= 15 is 0 Å². The van der Waals surface area contributed by atoms with Crippen LogP contribution in [0.3, 0.4) is 0 Å². The van der Waals surface area contributed by atoms with E-state index in [4.69, 9.17) is 15.7 Å². The number of Topliss-reactive ketones (excluding diaryl/α,β-unsaturated/α-hetero) is 1. The fraction of sp³-hybridized carbons (Fsp3) is 0.519. The minimum atomic E-state index is -0.239. The minimum Gasteiger partial charge on any atom is -0.383 e. The zero-order valence-corrected chi connectivity index (χ0v) is 20.2. The largest absolute Gasteiger partial charge is 0.383 e. The van der Waals surface area contributed by atoms with Gasteiger partial charge >= 0.3 is 0 Å². The molecule has 174 valence electrons. The molecule has 0 unspecified atom stereocenters. The molecular weight excluding hydrogens is 410 g/mol. The highest BCUT2D eigenvalue weighted by molar-refractivity contribution is 6.02. The number of ketones is 1. The second-order valence-electron chi connectivity index (χ2n) is 10.9. The van der Waals surface area contributed by atoms with Gasteiger partial charge in [-0.1, -0.05) is 52.0 Å². The number of carbonyl (C=O) groups excluding carboxylic acids is 1. The molecule has 1 aromatic heterocycles. The van der Waals surface area contributed by atoms with E-state index in [-0.39, 0.29) is 17.1 Å². The van der Waals surface area contributed by atoms with Crippen LogP contribution in [0.15, 0.2) is 35.5 Å². The van der Waals surface area contributed by atoms with Gasteiger partial charge in [-0.05, 0) is 48.1 Å². The number of piperidine rings is 1. The van der Waals surface area contributed by atoms with Crippen LogP contribution in [0.1, 0.15) is 88.3 Å². The van der Waals surface area contributed by atoms with Crippen LogP contribution in [-0.2, 0) is 4.79 Å². The number of benzene rings is 1. The maximum atomic E-state index is 13.5. The van der Waals surface area contributed by atoms with Gasteiger partial charge in [-0.25, -0.2) is 0 Å². The van der Waals surface area contributed by atoms with Crippen LogP contribution in [0, 0.1) is 5.41 Å². The van der Waals surface area contributed by atoms with Crippen molar-refractivity contribution in [3.63, 3.8) is 0 Å². The maximum Gasteiger partial charge on any atom is 0.229 e. The number of carbonyl (C=O) groups is 1. The Labute approximate surface area is 196 Å². The van der Waals surface area contributed by atoms with Crippen molar-refractivity contribution in [2.45, 2.75) is 71.6 Å². The monoisotopic (exact) mass is 445 g/mol. The molecule has 0 amide bonds. The highest BCUT2D eigenvalue weighted by Gasteiger charge is 2.42. The Bertz CT molecular complexity index is 1110. The summed E-state index contributed by atoms with van der Waals surface area (Å²) in [5.74, 6) is 2.32. The van der Waals surface area contributed by atoms with E-state index in [0.29, 0.717) is 24.1 Å². The summed E-state index contributed by atoms with van der Waals surface area (Å²) in [5, 5.41) is 3.54. The summed E-state index contributed by atoms with van der Waals surface area (Å²) in [6.45, 7) is 10.6. The number of nitrogens with two attached hydrogens (primary N) is 1. The predicted octanol–water partition coefficient (Wildman–Crippen LogP) is 5.37. The molecule has 2 aliphatic heterocycles. The number of fused-ring (bicyclic) bond motifs is 1. The zero-order chi connectivity index (χ0) is 23.3. The number of nitrogen functional groups attached to an aromatic ring is 1. The Morgan fingerprint density at radius 2 is 1.76 bits per heavy atom.